The van der Waals surface area contributed by atoms with Crippen LogP contribution in [0.5, 0.6) is 0 Å². The lowest BCUT2D eigenvalue weighted by Gasteiger charge is -2.30. The topological polar surface area (TPSA) is 55.4 Å². The van der Waals surface area contributed by atoms with Gasteiger partial charge >= 0.3 is 6.18 Å². The van der Waals surface area contributed by atoms with Crippen LogP contribution in [0.2, 0.25) is 0 Å². The van der Waals surface area contributed by atoms with Gasteiger partial charge in [0.05, 0.1) is 43.4 Å². The molecule has 208 valence electrons. The molecule has 0 saturated heterocycles. The van der Waals surface area contributed by atoms with Crippen LogP contribution in [-0.4, -0.2) is 81.0 Å². The molecule has 0 bridgehead atoms. The predicted octanol–water partition coefficient (Wildman–Crippen LogP) is 2.12. The molecule has 7 nitrogen and oxygen atoms in total. The van der Waals surface area contributed by atoms with Crippen molar-refractivity contribution in [1.29, 1.82) is 0 Å². The van der Waals surface area contributed by atoms with Crippen LogP contribution in [0.4, 0.5) is 35.9 Å². The minimum absolute atomic E-state index is 0. The minimum Gasteiger partial charge on any atom is -1.00 e. The summed E-state index contributed by atoms with van der Waals surface area (Å²) in [6.07, 6.45) is -4.52. The predicted molar refractivity (Wildman–Crippen MR) is 137 cm³/mol. The summed E-state index contributed by atoms with van der Waals surface area (Å²) >= 11 is 1.33. The summed E-state index contributed by atoms with van der Waals surface area (Å²) < 4.78 is 63.3. The van der Waals surface area contributed by atoms with Gasteiger partial charge in [-0.3, -0.25) is 0 Å². The molecule has 0 spiro atoms. The Morgan fingerprint density at radius 2 is 1.22 bits per heavy atom. The Morgan fingerprint density at radius 1 is 0.730 bits per heavy atom. The highest BCUT2D eigenvalue weighted by molar-refractivity contribution is 7.99. The first-order valence-corrected chi connectivity index (χ1v) is 12.4. The molecule has 0 aromatic heterocycles. The quantitative estimate of drug-likeness (QED) is 0.299. The number of halogens is 4. The van der Waals surface area contributed by atoms with E-state index in [9.17, 15) is 13.2 Å². The van der Waals surface area contributed by atoms with Crippen LogP contribution in [0.15, 0.2) is 40.1 Å². The minimum atomic E-state index is -4.52. The molecule has 0 aliphatic carbocycles. The van der Waals surface area contributed by atoms with Gasteiger partial charge in [-0.15, -0.1) is 0 Å². The highest BCUT2D eigenvalue weighted by Crippen LogP contribution is 2.51. The number of methoxy groups -OCH3 is 4. The Hall–Kier alpha value is -1.70. The van der Waals surface area contributed by atoms with Gasteiger partial charge in [0.15, 0.2) is 0 Å². The molecule has 0 unspecified atom stereocenters. The molecule has 0 radical (unpaired) electrons. The van der Waals surface area contributed by atoms with E-state index >= 15 is 0 Å². The summed E-state index contributed by atoms with van der Waals surface area (Å²) in [5.41, 5.74) is 1.45. The molecule has 1 N–H and O–H groups in total. The molecule has 0 fully saturated rings. The van der Waals surface area contributed by atoms with E-state index in [2.05, 4.69) is 10.2 Å². The van der Waals surface area contributed by atoms with E-state index in [0.29, 0.717) is 68.9 Å². The first kappa shape index (κ1) is 31.5. The molecule has 37 heavy (non-hydrogen) atoms. The van der Waals surface area contributed by atoms with Crippen molar-refractivity contribution >= 4 is 34.5 Å². The second-order valence-corrected chi connectivity index (χ2v) is 9.30. The van der Waals surface area contributed by atoms with Crippen LogP contribution in [0.1, 0.15) is 5.56 Å². The molecule has 12 heteroatoms. The lowest BCUT2D eigenvalue weighted by Crippen LogP contribution is -3.00. The molecule has 1 aliphatic rings. The van der Waals surface area contributed by atoms with Crippen LogP contribution in [0.3, 0.4) is 0 Å². The number of benzene rings is 2. The summed E-state index contributed by atoms with van der Waals surface area (Å²) in [5.74, 6) is 0. The fourth-order valence-electron chi connectivity index (χ4n) is 3.91. The Morgan fingerprint density at radius 3 is 1.70 bits per heavy atom. The maximum absolute atomic E-state index is 14.2. The average Bonchev–Trinajstić information content (AvgIpc) is 2.86. The lowest BCUT2D eigenvalue weighted by atomic mass is 10.1. The molecule has 0 saturated carbocycles. The number of anilines is 4. The third-order valence-corrected chi connectivity index (χ3v) is 6.93. The monoisotopic (exact) mass is 608 g/mol. The molecule has 0 atom stereocenters. The number of nitrogens with zero attached hydrogens (tertiary/aromatic N) is 2. The summed E-state index contributed by atoms with van der Waals surface area (Å²) in [4.78, 5) is 5.36. The van der Waals surface area contributed by atoms with Crippen LogP contribution < -0.4 is 32.1 Å². The first-order valence-electron chi connectivity index (χ1n) is 11.6. The van der Waals surface area contributed by atoms with E-state index < -0.39 is 11.7 Å². The zero-order valence-corrected chi connectivity index (χ0v) is 23.9. The fraction of sp³-hybridized carbons (Fsp3) is 0.520. The van der Waals surface area contributed by atoms with Crippen LogP contribution in [0, 0.1) is 0 Å². The molecule has 2 aromatic carbocycles. The van der Waals surface area contributed by atoms with E-state index in [1.807, 2.05) is 23.1 Å². The van der Waals surface area contributed by atoms with Gasteiger partial charge in [0.1, 0.15) is 0 Å². The summed E-state index contributed by atoms with van der Waals surface area (Å²) in [6.45, 7) is 4.11. The molecule has 2 aromatic rings. The van der Waals surface area contributed by atoms with Crippen molar-refractivity contribution in [2.75, 3.05) is 96.2 Å². The lowest BCUT2D eigenvalue weighted by molar-refractivity contribution is -0.137. The molecular weight excluding hydrogens is 575 g/mol. The highest BCUT2D eigenvalue weighted by Gasteiger charge is 2.37. The number of alkyl halides is 3. The Balaban J connectivity index is 0.00000481. The van der Waals surface area contributed by atoms with Crippen molar-refractivity contribution in [1.82, 2.24) is 0 Å². The van der Waals surface area contributed by atoms with Gasteiger partial charge in [0, 0.05) is 75.8 Å². The zero-order chi connectivity index (χ0) is 26.1. The molecule has 3 rings (SSSR count). The molecule has 1 aliphatic heterocycles. The van der Waals surface area contributed by atoms with E-state index in [1.165, 1.54) is 17.8 Å². The number of hydrogen-bond acceptors (Lipinski definition) is 8. The van der Waals surface area contributed by atoms with Crippen LogP contribution in [-0.2, 0) is 25.1 Å². The standard InChI is InChI=1S/C25H34F3N3O4S.BrH/c1-32-11-7-30(8-12-33-2)18-5-6-21-22(16-18)36-23-17-19(31(9-13-34-3)10-14-35-4)15-20(24(23)29-21)25(26,27)28;/h5-6,15-17,29H,7-14H2,1-4H3;1H/p-1. The van der Waals surface area contributed by atoms with E-state index in [4.69, 9.17) is 18.9 Å². The largest absolute Gasteiger partial charge is 1.00 e. The van der Waals surface area contributed by atoms with Crippen molar-refractivity contribution in [2.24, 2.45) is 0 Å². The van der Waals surface area contributed by atoms with Crippen molar-refractivity contribution < 1.29 is 49.1 Å². The van der Waals surface area contributed by atoms with Gasteiger partial charge in [-0.2, -0.15) is 13.2 Å². The fourth-order valence-corrected chi connectivity index (χ4v) is 5.00. The van der Waals surface area contributed by atoms with Gasteiger partial charge in [-0.25, -0.2) is 0 Å². The molecular formula is C25H34BrF3N3O4S-. The maximum atomic E-state index is 14.2. The molecule has 1 heterocycles. The highest BCUT2D eigenvalue weighted by atomic mass is 79.9. The average molecular weight is 610 g/mol. The maximum Gasteiger partial charge on any atom is 0.418 e. The van der Waals surface area contributed by atoms with Gasteiger partial charge in [0.2, 0.25) is 0 Å². The Labute approximate surface area is 231 Å². The van der Waals surface area contributed by atoms with Crippen molar-refractivity contribution in [3.05, 3.63) is 35.9 Å². The first-order chi connectivity index (χ1) is 17.3. The third-order valence-electron chi connectivity index (χ3n) is 5.83. The van der Waals surface area contributed by atoms with Gasteiger partial charge in [0.25, 0.3) is 0 Å². The number of ether oxygens (including phenoxy) is 4. The second-order valence-electron chi connectivity index (χ2n) is 8.22. The Bertz CT molecular complexity index is 984. The summed E-state index contributed by atoms with van der Waals surface area (Å²) in [5, 5.41) is 3.04. The Kier molecular flexibility index (Phi) is 12.8. The van der Waals surface area contributed by atoms with Crippen molar-refractivity contribution in [3.63, 3.8) is 0 Å². The van der Waals surface area contributed by atoms with Crippen LogP contribution >= 0.6 is 11.8 Å². The van der Waals surface area contributed by atoms with Crippen molar-refractivity contribution in [3.8, 4) is 0 Å². The smallest absolute Gasteiger partial charge is 0.418 e. The number of fused-ring (bicyclic) bond motifs is 2. The zero-order valence-electron chi connectivity index (χ0n) is 21.5. The van der Waals surface area contributed by atoms with Crippen LogP contribution in [0.25, 0.3) is 0 Å². The van der Waals surface area contributed by atoms with Gasteiger partial charge in [-0.05, 0) is 30.3 Å². The van der Waals surface area contributed by atoms with Gasteiger partial charge < -0.3 is 51.0 Å². The van der Waals surface area contributed by atoms with E-state index in [1.54, 1.807) is 34.5 Å². The van der Waals surface area contributed by atoms with E-state index in [-0.39, 0.29) is 22.7 Å². The summed E-state index contributed by atoms with van der Waals surface area (Å²) in [6, 6.07) is 8.73. The molecule has 0 amide bonds. The van der Waals surface area contributed by atoms with Crippen molar-refractivity contribution in [2.45, 2.75) is 16.0 Å². The van der Waals surface area contributed by atoms with Gasteiger partial charge in [-0.1, -0.05) is 11.8 Å². The second kappa shape index (κ2) is 15.0. The summed E-state index contributed by atoms with van der Waals surface area (Å²) in [7, 11) is 6.44. The number of hydrogen-bond donors (Lipinski definition) is 1. The number of rotatable bonds is 14. The SMILES string of the molecule is COCCN(CCOC)c1ccc2c(c1)Sc1cc(N(CCOC)CCOC)cc(C(F)(F)F)c1N2.[Br-]. The normalized spacial score (nSPS) is 12.3. The third kappa shape index (κ3) is 8.39. The number of nitrogens with one attached hydrogen (secondary N) is 1. The van der Waals surface area contributed by atoms with E-state index in [0.717, 1.165) is 10.6 Å².